The van der Waals surface area contributed by atoms with Gasteiger partial charge >= 0.3 is 0 Å². The first kappa shape index (κ1) is 13.5. The Bertz CT molecular complexity index is 674. The van der Waals surface area contributed by atoms with Crippen LogP contribution in [0, 0.1) is 6.92 Å². The molecule has 0 spiro atoms. The smallest absolute Gasteiger partial charge is 0.271 e. The molecular formula is C11H13N4O3S+. The number of hydrogen-bond acceptors (Lipinski definition) is 5. The highest BCUT2D eigenvalue weighted by atomic mass is 32.2. The van der Waals surface area contributed by atoms with E-state index in [2.05, 4.69) is 15.1 Å². The lowest BCUT2D eigenvalue weighted by molar-refractivity contribution is -0.750. The number of aryl methyl sites for hydroxylation is 2. The molecule has 0 radical (unpaired) electrons. The molecule has 0 aliphatic carbocycles. The number of hydrogen-bond donors (Lipinski definition) is 1. The predicted molar refractivity (Wildman–Crippen MR) is 66.6 cm³/mol. The van der Waals surface area contributed by atoms with E-state index in [4.69, 9.17) is 4.55 Å². The van der Waals surface area contributed by atoms with Crippen LogP contribution in [0.15, 0.2) is 30.9 Å². The summed E-state index contributed by atoms with van der Waals surface area (Å²) in [6, 6.07) is 1.72. The van der Waals surface area contributed by atoms with Crippen molar-refractivity contribution in [2.45, 2.75) is 13.5 Å². The van der Waals surface area contributed by atoms with Gasteiger partial charge in [-0.1, -0.05) is 4.68 Å². The van der Waals surface area contributed by atoms with Crippen molar-refractivity contribution in [1.82, 2.24) is 15.1 Å². The van der Waals surface area contributed by atoms with Crippen molar-refractivity contribution in [3.8, 4) is 11.4 Å². The highest BCUT2D eigenvalue weighted by molar-refractivity contribution is 7.85. The third-order valence-corrected chi connectivity index (χ3v) is 3.19. The van der Waals surface area contributed by atoms with Crippen LogP contribution in [-0.4, -0.2) is 33.8 Å². The molecule has 0 unspecified atom stereocenters. The summed E-state index contributed by atoms with van der Waals surface area (Å²) >= 11 is 0. The monoisotopic (exact) mass is 281 g/mol. The Morgan fingerprint density at radius 3 is 2.58 bits per heavy atom. The summed E-state index contributed by atoms with van der Waals surface area (Å²) in [7, 11) is -3.98. The Morgan fingerprint density at radius 1 is 1.32 bits per heavy atom. The van der Waals surface area contributed by atoms with Gasteiger partial charge in [0.2, 0.25) is 0 Å². The van der Waals surface area contributed by atoms with Crippen LogP contribution in [0.25, 0.3) is 11.4 Å². The van der Waals surface area contributed by atoms with Gasteiger partial charge in [-0.15, -0.1) is 0 Å². The fourth-order valence-electron chi connectivity index (χ4n) is 1.56. The van der Waals surface area contributed by atoms with Crippen molar-refractivity contribution >= 4 is 10.1 Å². The summed E-state index contributed by atoms with van der Waals surface area (Å²) < 4.78 is 31.5. The topological polar surface area (TPSA) is 96.9 Å². The molecule has 0 aliphatic rings. The maximum absolute atomic E-state index is 10.7. The number of aromatic nitrogens is 4. The molecule has 1 N–H and O–H groups in total. The van der Waals surface area contributed by atoms with Gasteiger partial charge in [0.1, 0.15) is 11.9 Å². The summed E-state index contributed by atoms with van der Waals surface area (Å²) in [6.45, 7) is 1.95. The van der Waals surface area contributed by atoms with Crippen molar-refractivity contribution in [3.05, 3.63) is 36.4 Å². The Balaban J connectivity index is 2.23. The molecule has 0 atom stereocenters. The van der Waals surface area contributed by atoms with Gasteiger partial charge in [0.15, 0.2) is 18.6 Å². The Hall–Kier alpha value is -1.93. The van der Waals surface area contributed by atoms with Crippen LogP contribution in [0.4, 0.5) is 0 Å². The van der Waals surface area contributed by atoms with Crippen molar-refractivity contribution in [2.75, 3.05) is 5.75 Å². The van der Waals surface area contributed by atoms with E-state index in [0.29, 0.717) is 5.82 Å². The second kappa shape index (κ2) is 5.37. The summed E-state index contributed by atoms with van der Waals surface area (Å²) in [5.74, 6) is 0.195. The SMILES string of the molecule is Cc1c[n+](CCS(=O)(=O)O)ncc1-c1ncccn1. The Labute approximate surface area is 110 Å². The molecule has 0 bridgehead atoms. The molecule has 0 saturated heterocycles. The summed E-state index contributed by atoms with van der Waals surface area (Å²) in [5, 5.41) is 4.08. The molecule has 19 heavy (non-hydrogen) atoms. The molecule has 0 aliphatic heterocycles. The van der Waals surface area contributed by atoms with Crippen LogP contribution in [-0.2, 0) is 16.7 Å². The Kier molecular flexibility index (Phi) is 3.82. The van der Waals surface area contributed by atoms with Crippen LogP contribution in [0.2, 0.25) is 0 Å². The molecule has 0 amide bonds. The zero-order valence-corrected chi connectivity index (χ0v) is 11.1. The molecule has 0 saturated carbocycles. The molecule has 2 heterocycles. The maximum Gasteiger partial charge on any atom is 0.271 e. The van der Waals surface area contributed by atoms with E-state index >= 15 is 0 Å². The minimum Gasteiger partial charge on any atom is -0.285 e. The summed E-state index contributed by atoms with van der Waals surface area (Å²) in [5.41, 5.74) is 1.65. The molecule has 2 aromatic rings. The zero-order valence-electron chi connectivity index (χ0n) is 10.3. The lowest BCUT2D eigenvalue weighted by Crippen LogP contribution is -2.41. The molecule has 2 rings (SSSR count). The molecule has 7 nitrogen and oxygen atoms in total. The molecule has 0 fully saturated rings. The van der Waals surface area contributed by atoms with Crippen molar-refractivity contribution < 1.29 is 17.7 Å². The third-order valence-electron chi connectivity index (χ3n) is 2.49. The van der Waals surface area contributed by atoms with Crippen molar-refractivity contribution in [2.24, 2.45) is 0 Å². The lowest BCUT2D eigenvalue weighted by atomic mass is 10.2. The third kappa shape index (κ3) is 3.76. The quantitative estimate of drug-likeness (QED) is 0.627. The highest BCUT2D eigenvalue weighted by Gasteiger charge is 2.14. The number of rotatable bonds is 4. The van der Waals surface area contributed by atoms with Crippen LogP contribution >= 0.6 is 0 Å². The summed E-state index contributed by atoms with van der Waals surface area (Å²) in [6.07, 6.45) is 6.55. The van der Waals surface area contributed by atoms with Gasteiger partial charge in [0.05, 0.1) is 5.56 Å². The maximum atomic E-state index is 10.7. The molecule has 100 valence electrons. The second-order valence-electron chi connectivity index (χ2n) is 3.99. The van der Waals surface area contributed by atoms with E-state index < -0.39 is 10.1 Å². The van der Waals surface area contributed by atoms with Gasteiger partial charge in [-0.25, -0.2) is 9.97 Å². The van der Waals surface area contributed by atoms with Crippen LogP contribution < -0.4 is 4.68 Å². The van der Waals surface area contributed by atoms with E-state index in [0.717, 1.165) is 11.1 Å². The fourth-order valence-corrected chi connectivity index (χ4v) is 1.98. The molecule has 8 heteroatoms. The van der Waals surface area contributed by atoms with E-state index in [1.54, 1.807) is 30.9 Å². The molecule has 2 aromatic heterocycles. The van der Waals surface area contributed by atoms with Gasteiger partial charge in [-0.2, -0.15) is 8.42 Å². The van der Waals surface area contributed by atoms with Gasteiger partial charge < -0.3 is 0 Å². The van der Waals surface area contributed by atoms with E-state index in [9.17, 15) is 8.42 Å². The van der Waals surface area contributed by atoms with Crippen LogP contribution in [0.3, 0.4) is 0 Å². The van der Waals surface area contributed by atoms with Gasteiger partial charge in [-0.05, 0) is 18.1 Å². The fraction of sp³-hybridized carbons (Fsp3) is 0.273. The first-order chi connectivity index (χ1) is 8.96. The largest absolute Gasteiger partial charge is 0.285 e. The van der Waals surface area contributed by atoms with Crippen molar-refractivity contribution in [1.29, 1.82) is 0 Å². The standard InChI is InChI=1S/C11H12N4O3S/c1-9-8-15(5-6-19(16,17)18)14-7-10(9)11-12-3-2-4-13-11/h2-4,7-8H,5-6H2,1H3/p+1. The Morgan fingerprint density at radius 2 is 2.00 bits per heavy atom. The second-order valence-corrected chi connectivity index (χ2v) is 5.56. The minimum absolute atomic E-state index is 0.0929. The average Bonchev–Trinajstić information content (AvgIpc) is 2.37. The van der Waals surface area contributed by atoms with E-state index in [1.807, 2.05) is 6.92 Å². The van der Waals surface area contributed by atoms with Crippen LogP contribution in [0.5, 0.6) is 0 Å². The minimum atomic E-state index is -3.98. The first-order valence-corrected chi connectivity index (χ1v) is 7.15. The van der Waals surface area contributed by atoms with Gasteiger partial charge in [0.25, 0.3) is 10.1 Å². The molecular weight excluding hydrogens is 268 g/mol. The van der Waals surface area contributed by atoms with Crippen LogP contribution in [0.1, 0.15) is 5.56 Å². The molecule has 0 aromatic carbocycles. The average molecular weight is 281 g/mol. The first-order valence-electron chi connectivity index (χ1n) is 5.54. The van der Waals surface area contributed by atoms with Gasteiger partial charge in [-0.3, -0.25) is 4.55 Å². The highest BCUT2D eigenvalue weighted by Crippen LogP contribution is 2.15. The van der Waals surface area contributed by atoms with E-state index in [1.165, 1.54) is 4.68 Å². The number of nitrogens with zero attached hydrogens (tertiary/aromatic N) is 4. The normalized spacial score (nSPS) is 11.5. The summed E-state index contributed by atoms with van der Waals surface area (Å²) in [4.78, 5) is 8.26. The van der Waals surface area contributed by atoms with E-state index in [-0.39, 0.29) is 12.3 Å². The lowest BCUT2D eigenvalue weighted by Gasteiger charge is -2.01. The van der Waals surface area contributed by atoms with Gasteiger partial charge in [0, 0.05) is 18.0 Å². The predicted octanol–water partition coefficient (Wildman–Crippen LogP) is 0.0223. The van der Waals surface area contributed by atoms with Crippen molar-refractivity contribution in [3.63, 3.8) is 0 Å². The zero-order chi connectivity index (χ0) is 13.9.